The lowest BCUT2D eigenvalue weighted by atomic mass is 10.2. The van der Waals surface area contributed by atoms with Crippen molar-refractivity contribution in [3.63, 3.8) is 0 Å². The molecule has 0 aliphatic heterocycles. The van der Waals surface area contributed by atoms with E-state index in [1.54, 1.807) is 6.08 Å². The zero-order chi connectivity index (χ0) is 18.3. The number of rotatable bonds is 6. The quantitative estimate of drug-likeness (QED) is 0.358. The van der Waals surface area contributed by atoms with E-state index < -0.39 is 14.9 Å². The van der Waals surface area contributed by atoms with Gasteiger partial charge in [0.25, 0.3) is 15.7 Å². The van der Waals surface area contributed by atoms with Crippen LogP contribution in [-0.4, -0.2) is 19.2 Å². The molecule has 0 fully saturated rings. The van der Waals surface area contributed by atoms with Crippen molar-refractivity contribution in [1.29, 1.82) is 5.41 Å². The van der Waals surface area contributed by atoms with Crippen molar-refractivity contribution in [2.45, 2.75) is 0 Å². The Morgan fingerprint density at radius 1 is 1.00 bits per heavy atom. The second-order valence-corrected chi connectivity index (χ2v) is 6.52. The van der Waals surface area contributed by atoms with Gasteiger partial charge < -0.3 is 0 Å². The summed E-state index contributed by atoms with van der Waals surface area (Å²) in [6, 6.07) is 14.6. The molecular formula is C17H15N3O4S. The van der Waals surface area contributed by atoms with Crippen LogP contribution in [0.15, 0.2) is 66.1 Å². The molecule has 0 aromatic heterocycles. The first-order valence-corrected chi connectivity index (χ1v) is 8.67. The van der Waals surface area contributed by atoms with E-state index in [0.29, 0.717) is 5.56 Å². The summed E-state index contributed by atoms with van der Waals surface area (Å²) in [7, 11) is -3.85. The fourth-order valence-corrected chi connectivity index (χ4v) is 2.62. The smallest absolute Gasteiger partial charge is 0.269 e. The molecule has 25 heavy (non-hydrogen) atoms. The van der Waals surface area contributed by atoms with Crippen molar-refractivity contribution >= 4 is 33.7 Å². The second kappa shape index (κ2) is 8.02. The summed E-state index contributed by atoms with van der Waals surface area (Å²) in [6.07, 6.45) is 4.25. The topological polar surface area (TPSA) is 113 Å². The van der Waals surface area contributed by atoms with Gasteiger partial charge in [-0.3, -0.25) is 20.2 Å². The molecule has 8 heteroatoms. The van der Waals surface area contributed by atoms with Crippen LogP contribution in [0.4, 0.5) is 5.69 Å². The van der Waals surface area contributed by atoms with Crippen LogP contribution in [0.5, 0.6) is 0 Å². The highest BCUT2D eigenvalue weighted by molar-refractivity contribution is 7.93. The number of benzene rings is 2. The van der Waals surface area contributed by atoms with E-state index in [-0.39, 0.29) is 11.5 Å². The number of nitrogens with one attached hydrogen (secondary N) is 2. The highest BCUT2D eigenvalue weighted by Gasteiger charge is 2.07. The van der Waals surface area contributed by atoms with Crippen molar-refractivity contribution < 1.29 is 13.3 Å². The third kappa shape index (κ3) is 6.04. The molecule has 0 unspecified atom stereocenters. The second-order valence-electron chi connectivity index (χ2n) is 4.96. The molecule has 2 aromatic carbocycles. The summed E-state index contributed by atoms with van der Waals surface area (Å²) in [5.74, 6) is -0.280. The van der Waals surface area contributed by atoms with Gasteiger partial charge in [-0.05, 0) is 35.4 Å². The van der Waals surface area contributed by atoms with Gasteiger partial charge in [-0.25, -0.2) is 8.42 Å². The monoisotopic (exact) mass is 357 g/mol. The molecule has 2 N–H and O–H groups in total. The number of non-ortho nitro benzene ring substituents is 1. The first kappa shape index (κ1) is 18.1. The van der Waals surface area contributed by atoms with Crippen LogP contribution < -0.4 is 4.72 Å². The van der Waals surface area contributed by atoms with Gasteiger partial charge in [-0.2, -0.15) is 0 Å². The van der Waals surface area contributed by atoms with Crippen molar-refractivity contribution in [3.8, 4) is 0 Å². The predicted octanol–water partition coefficient (Wildman–Crippen LogP) is 3.18. The van der Waals surface area contributed by atoms with E-state index in [2.05, 4.69) is 4.72 Å². The maximum absolute atomic E-state index is 11.9. The van der Waals surface area contributed by atoms with Crippen LogP contribution in [0, 0.1) is 15.5 Å². The lowest BCUT2D eigenvalue weighted by Crippen LogP contribution is -2.26. The average molecular weight is 357 g/mol. The Morgan fingerprint density at radius 3 is 2.20 bits per heavy atom. The molecule has 7 nitrogen and oxygen atoms in total. The Morgan fingerprint density at radius 2 is 1.60 bits per heavy atom. The Balaban J connectivity index is 1.99. The molecule has 0 amide bonds. The van der Waals surface area contributed by atoms with Gasteiger partial charge in [-0.1, -0.05) is 36.4 Å². The number of nitrogens with zero attached hydrogens (tertiary/aromatic N) is 1. The minimum absolute atomic E-state index is 0.0778. The highest BCUT2D eigenvalue weighted by atomic mass is 32.2. The highest BCUT2D eigenvalue weighted by Crippen LogP contribution is 2.13. The fraction of sp³-hybridized carbons (Fsp3) is 0. The SMILES string of the molecule is N=C(C=Cc1ccccc1)NS(=O)(=O)C=Cc1ccc([N+](=O)[O-])cc1. The van der Waals surface area contributed by atoms with E-state index in [9.17, 15) is 18.5 Å². The number of hydrogen-bond acceptors (Lipinski definition) is 5. The van der Waals surface area contributed by atoms with Crippen LogP contribution in [0.25, 0.3) is 12.2 Å². The first-order chi connectivity index (χ1) is 11.9. The fourth-order valence-electron chi connectivity index (χ4n) is 1.84. The third-order valence-corrected chi connectivity index (χ3v) is 4.04. The van der Waals surface area contributed by atoms with Gasteiger partial charge >= 0.3 is 0 Å². The minimum atomic E-state index is -3.85. The van der Waals surface area contributed by atoms with E-state index in [0.717, 1.165) is 11.0 Å². The zero-order valence-electron chi connectivity index (χ0n) is 13.0. The van der Waals surface area contributed by atoms with Crippen molar-refractivity contribution in [2.24, 2.45) is 0 Å². The first-order valence-electron chi connectivity index (χ1n) is 7.13. The van der Waals surface area contributed by atoms with Crippen LogP contribution in [0.2, 0.25) is 0 Å². The molecule has 0 saturated carbocycles. The normalized spacial score (nSPS) is 11.7. The van der Waals surface area contributed by atoms with Crippen molar-refractivity contribution in [2.75, 3.05) is 0 Å². The predicted molar refractivity (Wildman–Crippen MR) is 97.4 cm³/mol. The zero-order valence-corrected chi connectivity index (χ0v) is 13.8. The standard InChI is InChI=1S/C17H15N3O4S/c18-17(11-8-14-4-2-1-3-5-14)19-25(23,24)13-12-15-6-9-16(10-7-15)20(21)22/h1-13H,(H2,18,19). The van der Waals surface area contributed by atoms with Gasteiger partial charge in [0.15, 0.2) is 0 Å². The molecule has 2 aromatic rings. The van der Waals surface area contributed by atoms with Gasteiger partial charge in [-0.15, -0.1) is 0 Å². The number of nitro groups is 1. The van der Waals surface area contributed by atoms with Crippen molar-refractivity contribution in [1.82, 2.24) is 4.72 Å². The Hall–Kier alpha value is -3.26. The molecule has 0 bridgehead atoms. The lowest BCUT2D eigenvalue weighted by molar-refractivity contribution is -0.384. The lowest BCUT2D eigenvalue weighted by Gasteiger charge is -2.02. The van der Waals surface area contributed by atoms with Gasteiger partial charge in [0.1, 0.15) is 5.84 Å². The molecule has 0 radical (unpaired) electrons. The van der Waals surface area contributed by atoms with E-state index >= 15 is 0 Å². The summed E-state index contributed by atoms with van der Waals surface area (Å²) in [5, 5.41) is 19.1. The van der Waals surface area contributed by atoms with E-state index in [4.69, 9.17) is 5.41 Å². The maximum Gasteiger partial charge on any atom is 0.269 e. The molecular weight excluding hydrogens is 342 g/mol. The number of hydrogen-bond donors (Lipinski definition) is 2. The largest absolute Gasteiger partial charge is 0.284 e. The Bertz CT molecular complexity index is 918. The number of sulfonamides is 1. The number of nitro benzene ring substituents is 1. The molecule has 2 rings (SSSR count). The van der Waals surface area contributed by atoms with E-state index in [1.807, 2.05) is 30.3 Å². The van der Waals surface area contributed by atoms with Gasteiger partial charge in [0.05, 0.1) is 10.3 Å². The summed E-state index contributed by atoms with van der Waals surface area (Å²) >= 11 is 0. The number of amidine groups is 1. The minimum Gasteiger partial charge on any atom is -0.284 e. The van der Waals surface area contributed by atoms with Crippen molar-refractivity contribution in [3.05, 3.63) is 87.3 Å². The molecule has 0 saturated heterocycles. The van der Waals surface area contributed by atoms with Crippen LogP contribution in [0.3, 0.4) is 0 Å². The van der Waals surface area contributed by atoms with Crippen LogP contribution in [0.1, 0.15) is 11.1 Å². The summed E-state index contributed by atoms with van der Waals surface area (Å²) < 4.78 is 25.9. The molecule has 0 aliphatic rings. The van der Waals surface area contributed by atoms with Gasteiger partial charge in [0.2, 0.25) is 0 Å². The molecule has 128 valence electrons. The summed E-state index contributed by atoms with van der Waals surface area (Å²) in [6.45, 7) is 0. The molecule has 0 spiro atoms. The van der Waals surface area contributed by atoms with Crippen LogP contribution >= 0.6 is 0 Å². The average Bonchev–Trinajstić information content (AvgIpc) is 2.59. The molecule has 0 heterocycles. The summed E-state index contributed by atoms with van der Waals surface area (Å²) in [4.78, 5) is 10.0. The van der Waals surface area contributed by atoms with Gasteiger partial charge in [0, 0.05) is 12.1 Å². The molecule has 0 aliphatic carbocycles. The Labute approximate surface area is 145 Å². The van der Waals surface area contributed by atoms with Crippen LogP contribution in [-0.2, 0) is 10.0 Å². The maximum atomic E-state index is 11.9. The Kier molecular flexibility index (Phi) is 5.80. The molecule has 0 atom stereocenters. The third-order valence-electron chi connectivity index (χ3n) is 3.04. The summed E-state index contributed by atoms with van der Waals surface area (Å²) in [5.41, 5.74) is 1.25. The van der Waals surface area contributed by atoms with E-state index in [1.165, 1.54) is 36.4 Å².